The van der Waals surface area contributed by atoms with Gasteiger partial charge in [0.1, 0.15) is 11.4 Å². The molecule has 1 heterocycles. The van der Waals surface area contributed by atoms with Crippen LogP contribution in [0.1, 0.15) is 28.9 Å². The number of ether oxygens (including phenoxy) is 1. The quantitative estimate of drug-likeness (QED) is 0.804. The van der Waals surface area contributed by atoms with Gasteiger partial charge >= 0.3 is 6.18 Å². The summed E-state index contributed by atoms with van der Waals surface area (Å²) >= 11 is 0. The maximum atomic E-state index is 14.5. The van der Waals surface area contributed by atoms with Gasteiger partial charge in [0.2, 0.25) is 0 Å². The van der Waals surface area contributed by atoms with Gasteiger partial charge in [-0.15, -0.1) is 0 Å². The molecule has 2 atom stereocenters. The minimum atomic E-state index is -4.63. The summed E-state index contributed by atoms with van der Waals surface area (Å²) in [5.41, 5.74) is -1.95. The van der Waals surface area contributed by atoms with Crippen molar-refractivity contribution in [2.24, 2.45) is 5.92 Å². The molecule has 122 valence electrons. The fraction of sp³-hybridized carbons (Fsp3) is 0.438. The van der Waals surface area contributed by atoms with Crippen LogP contribution in [0.3, 0.4) is 0 Å². The SMILES string of the molecule is COc1ccc(Cn2nc(C(F)(F)F)c3c2CC2C[C@]32F)cc1. The van der Waals surface area contributed by atoms with Crippen LogP contribution in [-0.2, 0) is 24.8 Å². The second-order valence-corrected chi connectivity index (χ2v) is 6.14. The largest absolute Gasteiger partial charge is 0.497 e. The molecule has 2 aromatic rings. The van der Waals surface area contributed by atoms with Crippen molar-refractivity contribution < 1.29 is 22.3 Å². The highest BCUT2D eigenvalue weighted by Crippen LogP contribution is 2.64. The standard InChI is InChI=1S/C16H14F4N2O/c1-23-11-4-2-9(3-5-11)8-22-12-6-10-7-15(10,17)13(12)14(21-22)16(18,19)20/h2-5,10H,6-8H2,1H3/t10?,15-/m1/s1. The van der Waals surface area contributed by atoms with Crippen LogP contribution in [0.4, 0.5) is 17.6 Å². The average Bonchev–Trinajstić information content (AvgIpc) is 2.87. The lowest BCUT2D eigenvalue weighted by Gasteiger charge is -2.07. The average molecular weight is 326 g/mol. The third kappa shape index (κ3) is 2.13. The molecule has 0 saturated heterocycles. The summed E-state index contributed by atoms with van der Waals surface area (Å²) in [6.45, 7) is 0.186. The van der Waals surface area contributed by atoms with Crippen molar-refractivity contribution in [3.05, 3.63) is 46.8 Å². The molecule has 0 spiro atoms. The second kappa shape index (κ2) is 4.49. The van der Waals surface area contributed by atoms with E-state index in [0.29, 0.717) is 17.9 Å². The first kappa shape index (κ1) is 14.5. The van der Waals surface area contributed by atoms with E-state index in [1.54, 1.807) is 24.3 Å². The lowest BCUT2D eigenvalue weighted by atomic mass is 10.1. The zero-order valence-corrected chi connectivity index (χ0v) is 12.3. The molecule has 2 aliphatic rings. The van der Waals surface area contributed by atoms with E-state index in [2.05, 4.69) is 5.10 Å². The first-order valence-corrected chi connectivity index (χ1v) is 7.32. The van der Waals surface area contributed by atoms with Gasteiger partial charge in [0, 0.05) is 17.2 Å². The van der Waals surface area contributed by atoms with Crippen LogP contribution < -0.4 is 4.74 Å². The Balaban J connectivity index is 1.72. The van der Waals surface area contributed by atoms with Gasteiger partial charge in [0.05, 0.1) is 13.7 Å². The van der Waals surface area contributed by atoms with E-state index in [4.69, 9.17) is 4.74 Å². The summed E-state index contributed by atoms with van der Waals surface area (Å²) in [6.07, 6.45) is -4.13. The van der Waals surface area contributed by atoms with Gasteiger partial charge in [-0.2, -0.15) is 18.3 Å². The molecule has 0 bridgehead atoms. The number of rotatable bonds is 3. The van der Waals surface area contributed by atoms with Crippen LogP contribution in [0.15, 0.2) is 24.3 Å². The van der Waals surface area contributed by atoms with Gasteiger partial charge in [0.15, 0.2) is 5.69 Å². The molecule has 1 saturated carbocycles. The number of aromatic nitrogens is 2. The highest BCUT2D eigenvalue weighted by molar-refractivity contribution is 5.46. The van der Waals surface area contributed by atoms with E-state index in [-0.39, 0.29) is 24.4 Å². The number of halogens is 4. The molecule has 0 aliphatic heterocycles. The van der Waals surface area contributed by atoms with Gasteiger partial charge in [-0.05, 0) is 30.5 Å². The van der Waals surface area contributed by atoms with E-state index in [0.717, 1.165) is 5.56 Å². The third-order valence-electron chi connectivity index (χ3n) is 4.70. The Labute approximate surface area is 129 Å². The van der Waals surface area contributed by atoms with E-state index >= 15 is 0 Å². The molecule has 0 radical (unpaired) electrons. The molecule has 3 nitrogen and oxygen atoms in total. The Morgan fingerprint density at radius 3 is 2.61 bits per heavy atom. The predicted molar refractivity (Wildman–Crippen MR) is 73.9 cm³/mol. The van der Waals surface area contributed by atoms with Crippen LogP contribution in [0.5, 0.6) is 5.75 Å². The van der Waals surface area contributed by atoms with Crippen LogP contribution in [0.25, 0.3) is 0 Å². The van der Waals surface area contributed by atoms with E-state index < -0.39 is 17.5 Å². The highest BCUT2D eigenvalue weighted by atomic mass is 19.4. The highest BCUT2D eigenvalue weighted by Gasteiger charge is 2.66. The van der Waals surface area contributed by atoms with E-state index in [1.165, 1.54) is 11.8 Å². The van der Waals surface area contributed by atoms with Crippen LogP contribution in [-0.4, -0.2) is 16.9 Å². The normalized spacial score (nSPS) is 25.2. The molecule has 23 heavy (non-hydrogen) atoms. The van der Waals surface area contributed by atoms with Crippen molar-refractivity contribution >= 4 is 0 Å². The molecule has 1 aromatic heterocycles. The molecular weight excluding hydrogens is 312 g/mol. The number of hydrogen-bond donors (Lipinski definition) is 0. The smallest absolute Gasteiger partial charge is 0.435 e. The number of fused-ring (bicyclic) bond motifs is 3. The first-order valence-electron chi connectivity index (χ1n) is 7.32. The minimum absolute atomic E-state index is 0.178. The Morgan fingerprint density at radius 1 is 1.30 bits per heavy atom. The fourth-order valence-corrected chi connectivity index (χ4v) is 3.45. The van der Waals surface area contributed by atoms with E-state index in [1.807, 2.05) is 0 Å². The summed E-state index contributed by atoms with van der Waals surface area (Å²) in [5.74, 6) is 0.345. The van der Waals surface area contributed by atoms with Crippen molar-refractivity contribution in [3.63, 3.8) is 0 Å². The lowest BCUT2D eigenvalue weighted by molar-refractivity contribution is -0.142. The summed E-state index contributed by atoms with van der Waals surface area (Å²) in [4.78, 5) is 0. The molecule has 4 rings (SSSR count). The lowest BCUT2D eigenvalue weighted by Crippen LogP contribution is -2.13. The molecule has 1 aromatic carbocycles. The van der Waals surface area contributed by atoms with Gasteiger partial charge in [-0.1, -0.05) is 12.1 Å². The van der Waals surface area contributed by atoms with Crippen molar-refractivity contribution in [1.82, 2.24) is 9.78 Å². The summed E-state index contributed by atoms with van der Waals surface area (Å²) in [6, 6.07) is 7.00. The molecule has 7 heteroatoms. The summed E-state index contributed by atoms with van der Waals surface area (Å²) in [7, 11) is 1.54. The van der Waals surface area contributed by atoms with Gasteiger partial charge in [-0.3, -0.25) is 4.68 Å². The Bertz CT molecular complexity index is 766. The number of methoxy groups -OCH3 is 1. The van der Waals surface area contributed by atoms with Gasteiger partial charge in [0.25, 0.3) is 0 Å². The van der Waals surface area contributed by atoms with Crippen molar-refractivity contribution in [2.75, 3.05) is 7.11 Å². The number of nitrogens with zero attached hydrogens (tertiary/aromatic N) is 2. The molecular formula is C16H14F4N2O. The van der Waals surface area contributed by atoms with Gasteiger partial charge in [-0.25, -0.2) is 4.39 Å². The third-order valence-corrected chi connectivity index (χ3v) is 4.70. The molecule has 1 unspecified atom stereocenters. The zero-order chi connectivity index (χ0) is 16.4. The molecule has 1 fully saturated rings. The maximum Gasteiger partial charge on any atom is 0.435 e. The molecule has 0 N–H and O–H groups in total. The van der Waals surface area contributed by atoms with Crippen LogP contribution >= 0.6 is 0 Å². The molecule has 2 aliphatic carbocycles. The topological polar surface area (TPSA) is 27.1 Å². The predicted octanol–water partition coefficient (Wildman–Crippen LogP) is 3.70. The second-order valence-electron chi connectivity index (χ2n) is 6.14. The van der Waals surface area contributed by atoms with Crippen LogP contribution in [0.2, 0.25) is 0 Å². The fourth-order valence-electron chi connectivity index (χ4n) is 3.45. The van der Waals surface area contributed by atoms with E-state index in [9.17, 15) is 17.6 Å². The van der Waals surface area contributed by atoms with Crippen LogP contribution in [0, 0.1) is 5.92 Å². The van der Waals surface area contributed by atoms with Gasteiger partial charge < -0.3 is 4.74 Å². The number of benzene rings is 1. The number of hydrogen-bond acceptors (Lipinski definition) is 2. The summed E-state index contributed by atoms with van der Waals surface area (Å²) < 4.78 is 60.5. The van der Waals surface area contributed by atoms with Crippen molar-refractivity contribution in [1.29, 1.82) is 0 Å². The minimum Gasteiger partial charge on any atom is -0.497 e. The molecule has 0 amide bonds. The summed E-state index contributed by atoms with van der Waals surface area (Å²) in [5, 5.41) is 3.68. The van der Waals surface area contributed by atoms with Crippen molar-refractivity contribution in [3.8, 4) is 5.75 Å². The first-order chi connectivity index (χ1) is 10.8. The zero-order valence-electron chi connectivity index (χ0n) is 12.3. The van der Waals surface area contributed by atoms with Crippen molar-refractivity contribution in [2.45, 2.75) is 31.2 Å². The number of alkyl halides is 4. The maximum absolute atomic E-state index is 14.5. The Kier molecular flexibility index (Phi) is 2.84. The Hall–Kier alpha value is -2.05. The monoisotopic (exact) mass is 326 g/mol. The Morgan fingerprint density at radius 2 is 2.00 bits per heavy atom.